The molecule has 4 heteroatoms. The molecule has 3 saturated carbocycles. The van der Waals surface area contributed by atoms with Crippen LogP contribution >= 0.6 is 0 Å². The second-order valence-electron chi connectivity index (χ2n) is 8.98. The van der Waals surface area contributed by atoms with Crippen LogP contribution in [0.5, 0.6) is 0 Å². The van der Waals surface area contributed by atoms with Gasteiger partial charge in [-0.05, 0) is 62.9 Å². The quantitative estimate of drug-likeness (QED) is 0.791. The fourth-order valence-electron chi connectivity index (χ4n) is 6.79. The highest BCUT2D eigenvalue weighted by Gasteiger charge is 2.63. The largest absolute Gasteiger partial charge is 0.511 e. The van der Waals surface area contributed by atoms with Gasteiger partial charge in [-0.1, -0.05) is 12.5 Å². The Kier molecular flexibility index (Phi) is 3.45. The predicted molar refractivity (Wildman–Crippen MR) is 92.7 cm³/mol. The van der Waals surface area contributed by atoms with Gasteiger partial charge in [0, 0.05) is 24.3 Å². The number of aliphatic hydroxyl groups is 1. The lowest BCUT2D eigenvalue weighted by molar-refractivity contribution is -0.146. The molecule has 4 aliphatic rings. The van der Waals surface area contributed by atoms with Crippen molar-refractivity contribution in [3.05, 3.63) is 23.5 Å². The molecule has 1 N–H and O–H groups in total. The smallest absolute Gasteiger partial charge is 0.181 e. The highest BCUT2D eigenvalue weighted by atomic mass is 16.3. The van der Waals surface area contributed by atoms with Crippen LogP contribution < -0.4 is 0 Å². The maximum atomic E-state index is 13.3. The van der Waals surface area contributed by atoms with E-state index in [-0.39, 0.29) is 46.3 Å². The monoisotopic (exact) mass is 342 g/mol. The Bertz CT molecular complexity index is 745. The second kappa shape index (κ2) is 5.15. The highest BCUT2D eigenvalue weighted by Crippen LogP contribution is 2.65. The SMILES string of the molecule is CC(=O)[C@H]1CC[C@H]2[C@@H]3CCC4=CC(=O)C=C(O)[C@]4(C)[C@H]3C(=O)C[C@]12C. The van der Waals surface area contributed by atoms with Gasteiger partial charge in [0.1, 0.15) is 17.3 Å². The van der Waals surface area contributed by atoms with E-state index < -0.39 is 5.41 Å². The number of carbonyl (C=O) groups is 3. The molecule has 0 heterocycles. The summed E-state index contributed by atoms with van der Waals surface area (Å²) < 4.78 is 0. The summed E-state index contributed by atoms with van der Waals surface area (Å²) in [5, 5.41) is 10.6. The highest BCUT2D eigenvalue weighted by molar-refractivity contribution is 6.02. The lowest BCUT2D eigenvalue weighted by Crippen LogP contribution is -2.55. The van der Waals surface area contributed by atoms with Crippen LogP contribution in [0.15, 0.2) is 23.5 Å². The summed E-state index contributed by atoms with van der Waals surface area (Å²) >= 11 is 0. The predicted octanol–water partition coefficient (Wildman–Crippen LogP) is 3.56. The average molecular weight is 342 g/mol. The molecule has 0 saturated heterocycles. The standard InChI is InChI=1S/C21H26O4/c1-11(22)15-6-7-16-14-5-4-12-8-13(23)9-18(25)21(12,3)19(14)17(24)10-20(15,16)2/h8-9,14-16,19,25H,4-7,10H2,1-3H3/t14-,15+,16-,19+,20+,21+/m0/s1. The van der Waals surface area contributed by atoms with E-state index >= 15 is 0 Å². The first-order chi connectivity index (χ1) is 11.7. The van der Waals surface area contributed by atoms with E-state index in [2.05, 4.69) is 6.92 Å². The Labute approximate surface area is 148 Å². The van der Waals surface area contributed by atoms with Crippen molar-refractivity contribution in [1.29, 1.82) is 0 Å². The van der Waals surface area contributed by atoms with Gasteiger partial charge >= 0.3 is 0 Å². The Morgan fingerprint density at radius 2 is 1.88 bits per heavy atom. The number of hydrogen-bond donors (Lipinski definition) is 1. The summed E-state index contributed by atoms with van der Waals surface area (Å²) in [6.07, 6.45) is 6.76. The second-order valence-corrected chi connectivity index (χ2v) is 8.98. The lowest BCUT2D eigenvalue weighted by atomic mass is 9.47. The minimum absolute atomic E-state index is 0.0239. The molecular formula is C21H26O4. The third kappa shape index (κ3) is 2.03. The zero-order valence-electron chi connectivity index (χ0n) is 15.2. The minimum atomic E-state index is -0.746. The summed E-state index contributed by atoms with van der Waals surface area (Å²) in [5.41, 5.74) is -0.0912. The molecular weight excluding hydrogens is 316 g/mol. The number of Topliss-reactive ketones (excluding diaryl/α,β-unsaturated/α-hetero) is 2. The van der Waals surface area contributed by atoms with Crippen LogP contribution in [0.4, 0.5) is 0 Å². The molecule has 3 fully saturated rings. The molecule has 0 aromatic heterocycles. The van der Waals surface area contributed by atoms with Gasteiger partial charge in [-0.15, -0.1) is 0 Å². The maximum absolute atomic E-state index is 13.3. The Hall–Kier alpha value is -1.71. The average Bonchev–Trinajstić information content (AvgIpc) is 2.85. The van der Waals surface area contributed by atoms with Gasteiger partial charge in [-0.2, -0.15) is 0 Å². The van der Waals surface area contributed by atoms with Gasteiger partial charge in [0.2, 0.25) is 0 Å². The molecule has 0 aromatic carbocycles. The third-order valence-electron chi connectivity index (χ3n) is 7.91. The van der Waals surface area contributed by atoms with E-state index in [0.29, 0.717) is 12.3 Å². The van der Waals surface area contributed by atoms with Gasteiger partial charge in [0.15, 0.2) is 5.78 Å². The fraction of sp³-hybridized carbons (Fsp3) is 0.667. The number of hydrogen-bond acceptors (Lipinski definition) is 4. The number of carbonyl (C=O) groups excluding carboxylic acids is 3. The zero-order chi connectivity index (χ0) is 18.1. The van der Waals surface area contributed by atoms with Crippen LogP contribution in [0.2, 0.25) is 0 Å². The summed E-state index contributed by atoms with van der Waals surface area (Å²) in [5.74, 6) is 0.431. The minimum Gasteiger partial charge on any atom is -0.511 e. The van der Waals surface area contributed by atoms with Crippen LogP contribution in [0.3, 0.4) is 0 Å². The molecule has 0 bridgehead atoms. The van der Waals surface area contributed by atoms with E-state index in [4.69, 9.17) is 0 Å². The van der Waals surface area contributed by atoms with Crippen molar-refractivity contribution in [3.8, 4) is 0 Å². The molecule has 0 unspecified atom stereocenters. The summed E-state index contributed by atoms with van der Waals surface area (Å²) in [6.45, 7) is 5.70. The van der Waals surface area contributed by atoms with Crippen molar-refractivity contribution in [2.75, 3.05) is 0 Å². The Morgan fingerprint density at radius 3 is 2.56 bits per heavy atom. The summed E-state index contributed by atoms with van der Waals surface area (Å²) in [4.78, 5) is 37.2. The maximum Gasteiger partial charge on any atom is 0.181 e. The first kappa shape index (κ1) is 16.7. The molecule has 4 rings (SSSR count). The summed E-state index contributed by atoms with van der Waals surface area (Å²) in [7, 11) is 0. The van der Waals surface area contributed by atoms with Gasteiger partial charge < -0.3 is 5.11 Å². The van der Waals surface area contributed by atoms with Gasteiger partial charge in [-0.3, -0.25) is 14.4 Å². The van der Waals surface area contributed by atoms with Crippen molar-refractivity contribution in [2.45, 2.75) is 52.9 Å². The van der Waals surface area contributed by atoms with E-state index in [9.17, 15) is 19.5 Å². The normalized spacial score (nSPS) is 45.9. The van der Waals surface area contributed by atoms with Gasteiger partial charge in [0.25, 0.3) is 0 Å². The van der Waals surface area contributed by atoms with Crippen molar-refractivity contribution in [2.24, 2.45) is 34.5 Å². The van der Waals surface area contributed by atoms with Crippen LogP contribution in [-0.4, -0.2) is 22.5 Å². The number of rotatable bonds is 1. The lowest BCUT2D eigenvalue weighted by Gasteiger charge is -2.56. The fourth-order valence-corrected chi connectivity index (χ4v) is 6.79. The number of fused-ring (bicyclic) bond motifs is 5. The van der Waals surface area contributed by atoms with E-state index in [1.165, 1.54) is 6.08 Å². The first-order valence-electron chi connectivity index (χ1n) is 9.39. The molecule has 4 aliphatic carbocycles. The Morgan fingerprint density at radius 1 is 1.16 bits per heavy atom. The molecule has 134 valence electrons. The molecule has 0 amide bonds. The Balaban J connectivity index is 1.78. The van der Waals surface area contributed by atoms with Crippen molar-refractivity contribution < 1.29 is 19.5 Å². The van der Waals surface area contributed by atoms with Crippen molar-refractivity contribution in [1.82, 2.24) is 0 Å². The molecule has 25 heavy (non-hydrogen) atoms. The van der Waals surface area contributed by atoms with Crippen LogP contribution in [0.1, 0.15) is 52.9 Å². The summed E-state index contributed by atoms with van der Waals surface area (Å²) in [6, 6.07) is 0. The number of ketones is 3. The van der Waals surface area contributed by atoms with Gasteiger partial charge in [0.05, 0.1) is 5.41 Å². The number of aliphatic hydroxyl groups excluding tert-OH is 1. The van der Waals surface area contributed by atoms with E-state index in [1.54, 1.807) is 13.0 Å². The molecule has 0 spiro atoms. The molecule has 0 aromatic rings. The van der Waals surface area contributed by atoms with Crippen LogP contribution in [0, 0.1) is 34.5 Å². The molecule has 4 nitrogen and oxygen atoms in total. The van der Waals surface area contributed by atoms with Gasteiger partial charge in [-0.25, -0.2) is 0 Å². The van der Waals surface area contributed by atoms with Crippen LogP contribution in [-0.2, 0) is 14.4 Å². The number of allylic oxidation sites excluding steroid dienone is 3. The molecule has 6 atom stereocenters. The molecule has 0 aliphatic heterocycles. The van der Waals surface area contributed by atoms with E-state index in [0.717, 1.165) is 31.3 Å². The first-order valence-corrected chi connectivity index (χ1v) is 9.39. The third-order valence-corrected chi connectivity index (χ3v) is 7.91. The molecule has 0 radical (unpaired) electrons. The van der Waals surface area contributed by atoms with Crippen molar-refractivity contribution in [3.63, 3.8) is 0 Å². The van der Waals surface area contributed by atoms with Crippen molar-refractivity contribution >= 4 is 17.3 Å². The van der Waals surface area contributed by atoms with E-state index in [1.807, 2.05) is 6.92 Å². The topological polar surface area (TPSA) is 71.4 Å². The zero-order valence-corrected chi connectivity index (χ0v) is 15.2. The van der Waals surface area contributed by atoms with Crippen LogP contribution in [0.25, 0.3) is 0 Å².